The number of piperidine rings is 1. The molecule has 5 amide bonds. The number of hydrogen-bond donors (Lipinski definition) is 8. The summed E-state index contributed by atoms with van der Waals surface area (Å²) in [5.41, 5.74) is 20.4. The number of carboxylic acids is 1. The predicted octanol–water partition coefficient (Wildman–Crippen LogP) is 18.6. The van der Waals surface area contributed by atoms with Gasteiger partial charge in [0.1, 0.15) is 30.0 Å². The molecule has 0 saturated carbocycles. The zero-order chi connectivity index (χ0) is 106. The van der Waals surface area contributed by atoms with Crippen molar-refractivity contribution in [2.75, 3.05) is 188 Å². The maximum atomic E-state index is 13.2. The molecule has 6 atom stereocenters. The molecule has 9 heterocycles. The Morgan fingerprint density at radius 2 is 0.510 bits per heavy atom. The number of rotatable bonds is 18. The second kappa shape index (κ2) is 49.2. The molecule has 0 spiro atoms. The van der Waals surface area contributed by atoms with Crippen molar-refractivity contribution < 1.29 is 69.2 Å². The fourth-order valence-corrected chi connectivity index (χ4v) is 27.0. The highest BCUT2D eigenvalue weighted by Crippen LogP contribution is 2.48. The average Bonchev–Trinajstić information content (AvgIpc) is 1.66. The number of aliphatic hydroxyl groups is 6. The summed E-state index contributed by atoms with van der Waals surface area (Å²) in [6.07, 6.45) is 19.2. The highest BCUT2D eigenvalue weighted by molar-refractivity contribution is 7.17. The molecule has 12 aromatic rings. The Labute approximate surface area is 896 Å². The fraction of sp³-hybridized carbons (Fsp3) is 0.464. The van der Waals surface area contributed by atoms with Crippen LogP contribution in [0.3, 0.4) is 0 Å². The first-order chi connectivity index (χ1) is 71.5. The summed E-state index contributed by atoms with van der Waals surface area (Å²) in [6, 6.07) is 35.0. The predicted molar refractivity (Wildman–Crippen MR) is 599 cm³/mol. The van der Waals surface area contributed by atoms with E-state index in [1.165, 1.54) is 40.4 Å². The molecule has 8 N–H and O–H groups in total. The monoisotopic (exact) mass is 2140 g/mol. The van der Waals surface area contributed by atoms with Gasteiger partial charge in [0.15, 0.2) is 0 Å². The van der Waals surface area contributed by atoms with Gasteiger partial charge in [-0.1, -0.05) is 0 Å². The summed E-state index contributed by atoms with van der Waals surface area (Å²) >= 11 is 9.21. The summed E-state index contributed by atoms with van der Waals surface area (Å²) in [5, 5.41) is 78.3. The molecule has 21 rings (SSSR count). The number of fused-ring (bicyclic) bond motifs is 6. The Morgan fingerprint density at radius 1 is 0.295 bits per heavy atom. The molecule has 149 heavy (non-hydrogen) atoms. The lowest BCUT2D eigenvalue weighted by molar-refractivity contribution is 0.0303. The number of aliphatic hydroxyl groups excluding tert-OH is 6. The molecule has 3 fully saturated rings. The third kappa shape index (κ3) is 25.4. The number of amides is 5. The zero-order valence-electron chi connectivity index (χ0n) is 87.9. The van der Waals surface area contributed by atoms with Gasteiger partial charge >= 0.3 is 5.97 Å². The van der Waals surface area contributed by atoms with Crippen molar-refractivity contribution in [3.8, 4) is 63.4 Å². The van der Waals surface area contributed by atoms with Crippen LogP contribution in [-0.2, 0) is 43.3 Å². The van der Waals surface area contributed by atoms with Gasteiger partial charge in [-0.15, -0.1) is 68.0 Å². The van der Waals surface area contributed by atoms with Crippen molar-refractivity contribution in [3.05, 3.63) is 206 Å². The smallest absolute Gasteiger partial charge is 0.337 e. The first-order valence-electron chi connectivity index (χ1n) is 51.6. The van der Waals surface area contributed by atoms with Crippen LogP contribution in [0, 0.1) is 0 Å². The number of likely N-dealkylation sites (tertiary alicyclic amines) is 2. The molecular weight excluding hydrogens is 2000 g/mol. The van der Waals surface area contributed by atoms with E-state index >= 15 is 0 Å². The lowest BCUT2D eigenvalue weighted by atomic mass is 10.0. The SMILES string of the molecule is CN(C)C(=O)c1cc(-c2nc3c(s2)C(O)CCC3)ccc1N(C)C.CN(C)c1ccc(-c2nc3c(s2)C(O)CCC3)cc1C(=O)N1CCCC1.CN(C)c1ccc(-c2nc3c(s2)C(O)CCC3)cc1C(=O)N1CCCCC1.CN(C)c1ccc(-c2nc3c(s2)C(O)CCC3)cc1C(=O)N1CCOCC1.CN(C)c1ccc(-c2nc3c(s2)C(O)CCC3)cc1C(=O)O.CNC(=O)c1cc(-c2nc3c(s2)C(O)CCC3)ccc1N(C)C. The average molecular weight is 2140 g/mol. The van der Waals surface area contributed by atoms with Crippen LogP contribution in [0.4, 0.5) is 34.1 Å². The zero-order valence-corrected chi connectivity index (χ0v) is 92.8. The molecule has 6 aromatic carbocycles. The highest BCUT2D eigenvalue weighted by atomic mass is 32.1. The molecule has 792 valence electrons. The molecule has 9 aliphatic rings. The van der Waals surface area contributed by atoms with E-state index in [1.807, 2.05) is 221 Å². The number of nitrogens with zero attached hydrogens (tertiary/aromatic N) is 16. The van der Waals surface area contributed by atoms with Crippen LogP contribution in [0.25, 0.3) is 63.4 Å². The summed E-state index contributed by atoms with van der Waals surface area (Å²) in [4.78, 5) is 129. The number of ether oxygens (including phenoxy) is 1. The van der Waals surface area contributed by atoms with E-state index in [0.29, 0.717) is 48.7 Å². The van der Waals surface area contributed by atoms with Crippen molar-refractivity contribution in [1.82, 2.24) is 54.8 Å². The quantitative estimate of drug-likeness (QED) is 0.0395. The maximum Gasteiger partial charge on any atom is 0.337 e. The van der Waals surface area contributed by atoms with Crippen molar-refractivity contribution in [2.45, 2.75) is 184 Å². The number of aromatic nitrogens is 6. The highest BCUT2D eigenvalue weighted by Gasteiger charge is 2.35. The topological polar surface area (TPSA) is 375 Å². The summed E-state index contributed by atoms with van der Waals surface area (Å²) < 4.78 is 5.38. The van der Waals surface area contributed by atoms with Crippen molar-refractivity contribution in [3.63, 3.8) is 0 Å². The van der Waals surface area contributed by atoms with Crippen LogP contribution >= 0.6 is 68.0 Å². The number of carboxylic acid groups (broad SMARTS) is 1. The van der Waals surface area contributed by atoms with E-state index in [1.54, 1.807) is 77.1 Å². The third-order valence-electron chi connectivity index (χ3n) is 28.2. The van der Waals surface area contributed by atoms with Gasteiger partial charge in [-0.3, -0.25) is 24.0 Å². The van der Waals surface area contributed by atoms with Gasteiger partial charge in [-0.25, -0.2) is 34.7 Å². The molecule has 0 radical (unpaired) electrons. The minimum absolute atomic E-state index is 0.0260. The van der Waals surface area contributed by atoms with E-state index in [9.17, 15) is 64.5 Å². The Balaban J connectivity index is 0.000000128. The number of carbonyl (C=O) groups is 6. The molecule has 3 aliphatic heterocycles. The Bertz CT molecular complexity index is 6660. The summed E-state index contributed by atoms with van der Waals surface area (Å²) in [6.45, 7) is 5.77. The minimum atomic E-state index is -0.952. The molecule has 3 saturated heterocycles. The van der Waals surface area contributed by atoms with Gasteiger partial charge in [0.2, 0.25) is 0 Å². The van der Waals surface area contributed by atoms with E-state index in [-0.39, 0.29) is 35.1 Å². The number of carbonyl (C=O) groups excluding carboxylic acids is 5. The summed E-state index contributed by atoms with van der Waals surface area (Å²) in [7, 11) is 28.3. The number of hydrogen-bond acceptors (Lipinski definition) is 31. The Hall–Kier alpha value is -11.6. The van der Waals surface area contributed by atoms with E-state index in [2.05, 4.69) is 15.3 Å². The van der Waals surface area contributed by atoms with Crippen LogP contribution in [0.1, 0.15) is 271 Å². The lowest BCUT2D eigenvalue weighted by Gasteiger charge is -2.28. The van der Waals surface area contributed by atoms with Crippen LogP contribution in [0.15, 0.2) is 109 Å². The van der Waals surface area contributed by atoms with Gasteiger partial charge in [0.05, 0.1) is 152 Å². The second-order valence-electron chi connectivity index (χ2n) is 40.5. The third-order valence-corrected chi connectivity index (χ3v) is 35.7. The van der Waals surface area contributed by atoms with Gasteiger partial charge in [0, 0.05) is 207 Å². The van der Waals surface area contributed by atoms with Crippen molar-refractivity contribution >= 4 is 138 Å². The van der Waals surface area contributed by atoms with Gasteiger partial charge in [0.25, 0.3) is 29.5 Å². The van der Waals surface area contributed by atoms with Crippen LogP contribution in [0.2, 0.25) is 0 Å². The number of aromatic carboxylic acids is 1. The molecule has 0 bridgehead atoms. The van der Waals surface area contributed by atoms with Crippen molar-refractivity contribution in [2.24, 2.45) is 0 Å². The van der Waals surface area contributed by atoms with E-state index in [4.69, 9.17) is 24.7 Å². The standard InChI is InChI=1S/C21H27N3O2S.C20H25N3O3S.C20H25N3O2S.C18H23N3O2S.C17H21N3O2S.C16H18N2O3S/c1-23(2)17-10-9-14(13-15(17)21(26)24-11-4-3-5-12-24)20-22-16-7-6-8-18(25)19(16)27-20;1-22(2)16-7-6-13(12-14(16)20(25)23-8-10-26-11-9-23)19-21-15-4-3-5-17(24)18(15)27-19;1-22(2)16-9-8-13(12-14(16)20(25)23-10-3-4-11-23)19-21-15-6-5-7-17(24)18(15)26-19;1-20(2)14-9-8-11(10-12(14)18(23)21(3)4)17-19-13-6-5-7-15(22)16(13)24-17;1-18-16(22)11-9-10(7-8-13(11)20(2)3)17-19-12-5-4-6-14(21)15(12)23-17;1-18(2)12-7-6-9(8-10(12)16(20)21)15-17-11-4-3-5-13(19)14(11)22-15/h9-10,13,18,25H,3-8,11-12H2,1-2H3;6-7,12,17,24H,3-5,8-11H2,1-2H3;8-9,12,17,24H,3-7,10-11H2,1-2H3;8-10,15,22H,5-7H2,1-4H3;7-9,14,21H,4-6H2,1-3H3,(H,18,22);6-8,13,19H,3-5H2,1-2H3,(H,20,21). The van der Waals surface area contributed by atoms with E-state index < -0.39 is 42.6 Å². The fourth-order valence-electron chi connectivity index (χ4n) is 20.2. The van der Waals surface area contributed by atoms with Gasteiger partial charge < -0.3 is 94.8 Å². The first kappa shape index (κ1) is 110. The Morgan fingerprint density at radius 3 is 0.745 bits per heavy atom. The number of aryl methyl sites for hydroxylation is 6. The maximum absolute atomic E-state index is 13.2. The second-order valence-corrected chi connectivity index (χ2v) is 46.7. The number of anilines is 6. The summed E-state index contributed by atoms with van der Waals surface area (Å²) in [5.74, 6) is -0.841. The molecule has 6 aliphatic carbocycles. The van der Waals surface area contributed by atoms with Crippen LogP contribution in [0.5, 0.6) is 0 Å². The molecule has 31 nitrogen and oxygen atoms in total. The minimum Gasteiger partial charge on any atom is -0.478 e. The van der Waals surface area contributed by atoms with Crippen molar-refractivity contribution in [1.29, 1.82) is 0 Å². The van der Waals surface area contributed by atoms with Crippen LogP contribution in [-0.4, -0.2) is 279 Å². The number of thiazole rings is 6. The molecule has 37 heteroatoms. The first-order valence-corrected chi connectivity index (χ1v) is 56.5. The normalized spacial score (nSPS) is 18.3. The van der Waals surface area contributed by atoms with Gasteiger partial charge in [-0.2, -0.15) is 0 Å². The van der Waals surface area contributed by atoms with Gasteiger partial charge in [-0.05, 0) is 257 Å². The Kier molecular flexibility index (Phi) is 36.4. The largest absolute Gasteiger partial charge is 0.478 e. The molecule has 6 aromatic heterocycles. The number of benzene rings is 6. The molecular formula is C112H139N17O14S6. The molecule has 6 unspecified atom stereocenters. The van der Waals surface area contributed by atoms with E-state index in [0.717, 1.165) is 334 Å². The van der Waals surface area contributed by atoms with Crippen LogP contribution < -0.4 is 34.7 Å². The number of nitrogens with one attached hydrogen (secondary N) is 1. The lowest BCUT2D eigenvalue weighted by Crippen LogP contribution is -2.41. The number of morpholine rings is 1.